The van der Waals surface area contributed by atoms with Gasteiger partial charge in [-0.15, -0.1) is 0 Å². The third-order valence-corrected chi connectivity index (χ3v) is 6.17. The highest BCUT2D eigenvalue weighted by molar-refractivity contribution is 7.52. The topological polar surface area (TPSA) is 228 Å². The van der Waals surface area contributed by atoms with Crippen LogP contribution in [0.25, 0.3) is 11.2 Å². The fourth-order valence-corrected chi connectivity index (χ4v) is 4.37. The molecule has 3 heterocycles. The lowest BCUT2D eigenvalue weighted by Crippen LogP contribution is -2.42. The monoisotopic (exact) mass is 478 g/mol. The second kappa shape index (κ2) is 8.61. The number of carbonyl (C=O) groups is 2. The SMILES string of the molecule is O=C(CCP(=O)(O)O)N[C@@H]1CN(C(=O)CP(=O)(O)O)CC1n1cnc2c(=O)[nH]cnc21. The number of rotatable bonds is 7. The lowest BCUT2D eigenvalue weighted by atomic mass is 10.1. The minimum Gasteiger partial charge on any atom is -0.349 e. The van der Waals surface area contributed by atoms with Crippen LogP contribution in [0.2, 0.25) is 0 Å². The molecule has 0 aliphatic carbocycles. The summed E-state index contributed by atoms with van der Waals surface area (Å²) in [6.45, 7) is -0.184. The molecule has 2 amide bonds. The van der Waals surface area contributed by atoms with E-state index in [-0.39, 0.29) is 24.3 Å². The second-order valence-electron chi connectivity index (χ2n) is 7.06. The van der Waals surface area contributed by atoms with Crippen molar-refractivity contribution < 1.29 is 38.3 Å². The first-order valence-electron chi connectivity index (χ1n) is 8.90. The zero-order valence-electron chi connectivity index (χ0n) is 15.9. The Balaban J connectivity index is 1.87. The first-order valence-corrected chi connectivity index (χ1v) is 12.5. The summed E-state index contributed by atoms with van der Waals surface area (Å²) in [6, 6.07) is -1.48. The quantitative estimate of drug-likeness (QED) is 0.233. The standard InChI is InChI=1S/C14H20N6O9P2/c21-10(1-2-30(24,25)26)18-8-3-19(11(22)5-31(27,28)29)4-9(8)20-7-17-12-13(20)15-6-16-14(12)23/h6-9H,1-5H2,(H,18,21)(H,15,16,23)(H2,24,25,26)(H2,27,28,29)/t8-,9?/m1/s1. The fourth-order valence-electron chi connectivity index (χ4n) is 3.32. The van der Waals surface area contributed by atoms with Crippen molar-refractivity contribution in [3.05, 3.63) is 23.0 Å². The first kappa shape index (κ1) is 23.3. The Bertz CT molecular complexity index is 1150. The van der Waals surface area contributed by atoms with Crippen LogP contribution in [0.3, 0.4) is 0 Å². The van der Waals surface area contributed by atoms with E-state index in [0.717, 1.165) is 11.2 Å². The highest BCUT2D eigenvalue weighted by Crippen LogP contribution is 2.36. The number of amides is 2. The van der Waals surface area contributed by atoms with E-state index in [1.165, 1.54) is 10.9 Å². The van der Waals surface area contributed by atoms with Crippen LogP contribution in [0.15, 0.2) is 17.4 Å². The van der Waals surface area contributed by atoms with Crippen LogP contribution in [0, 0.1) is 0 Å². The fraction of sp³-hybridized carbons (Fsp3) is 0.500. The van der Waals surface area contributed by atoms with Crippen LogP contribution >= 0.6 is 15.2 Å². The number of hydrogen-bond acceptors (Lipinski definition) is 7. The van der Waals surface area contributed by atoms with Crippen LogP contribution < -0.4 is 10.9 Å². The van der Waals surface area contributed by atoms with Gasteiger partial charge in [-0.1, -0.05) is 0 Å². The van der Waals surface area contributed by atoms with Crippen molar-refractivity contribution in [2.24, 2.45) is 0 Å². The van der Waals surface area contributed by atoms with E-state index >= 15 is 0 Å². The Labute approximate surface area is 173 Å². The van der Waals surface area contributed by atoms with Gasteiger partial charge in [-0.2, -0.15) is 0 Å². The molecule has 2 atom stereocenters. The van der Waals surface area contributed by atoms with Crippen molar-refractivity contribution >= 4 is 38.2 Å². The number of hydrogen-bond donors (Lipinski definition) is 6. The largest absolute Gasteiger partial charge is 0.349 e. The minimum absolute atomic E-state index is 0.0223. The molecule has 0 saturated carbocycles. The number of imidazole rings is 1. The summed E-state index contributed by atoms with van der Waals surface area (Å²) in [6.07, 6.45) is 0.307. The van der Waals surface area contributed by atoms with Gasteiger partial charge in [-0.3, -0.25) is 23.5 Å². The minimum atomic E-state index is -4.62. The molecule has 0 bridgehead atoms. The van der Waals surface area contributed by atoms with Gasteiger partial charge in [0.2, 0.25) is 11.8 Å². The van der Waals surface area contributed by atoms with E-state index in [1.54, 1.807) is 0 Å². The number of likely N-dealkylation sites (tertiary alicyclic amines) is 1. The average Bonchev–Trinajstić information content (AvgIpc) is 3.23. The maximum Gasteiger partial charge on any atom is 0.334 e. The summed E-state index contributed by atoms with van der Waals surface area (Å²) < 4.78 is 23.7. The normalized spacial score (nSPS) is 19.7. The van der Waals surface area contributed by atoms with E-state index in [2.05, 4.69) is 20.3 Å². The number of nitrogens with zero attached hydrogens (tertiary/aromatic N) is 4. The van der Waals surface area contributed by atoms with Gasteiger partial charge in [0.1, 0.15) is 6.16 Å². The van der Waals surface area contributed by atoms with E-state index in [9.17, 15) is 23.5 Å². The molecule has 1 unspecified atom stereocenters. The summed E-state index contributed by atoms with van der Waals surface area (Å²) in [5.41, 5.74) is -0.306. The summed E-state index contributed by atoms with van der Waals surface area (Å²) in [7, 11) is -9.01. The Morgan fingerprint density at radius 2 is 1.87 bits per heavy atom. The Morgan fingerprint density at radius 1 is 1.16 bits per heavy atom. The molecule has 0 spiro atoms. The predicted octanol–water partition coefficient (Wildman–Crippen LogP) is -2.27. The van der Waals surface area contributed by atoms with E-state index < -0.39 is 63.4 Å². The smallest absolute Gasteiger partial charge is 0.334 e. The van der Waals surface area contributed by atoms with Crippen molar-refractivity contribution in [2.45, 2.75) is 18.5 Å². The molecular weight excluding hydrogens is 458 g/mol. The van der Waals surface area contributed by atoms with Crippen LogP contribution in [0.1, 0.15) is 12.5 Å². The van der Waals surface area contributed by atoms with E-state index in [4.69, 9.17) is 19.6 Å². The molecule has 6 N–H and O–H groups in total. The van der Waals surface area contributed by atoms with E-state index in [0.29, 0.717) is 0 Å². The highest BCUT2D eigenvalue weighted by Gasteiger charge is 2.39. The second-order valence-corrected chi connectivity index (χ2v) is 10.5. The third-order valence-electron chi connectivity index (χ3n) is 4.68. The Kier molecular flexibility index (Phi) is 6.46. The molecule has 0 radical (unpaired) electrons. The predicted molar refractivity (Wildman–Crippen MR) is 104 cm³/mol. The molecule has 1 aliphatic rings. The summed E-state index contributed by atoms with van der Waals surface area (Å²) >= 11 is 0. The zero-order chi connectivity index (χ0) is 23.0. The van der Waals surface area contributed by atoms with Gasteiger partial charge < -0.3 is 39.3 Å². The number of aromatic amines is 1. The molecule has 2 aromatic rings. The Hall–Kier alpha value is -2.41. The molecule has 2 aromatic heterocycles. The van der Waals surface area contributed by atoms with Crippen molar-refractivity contribution in [2.75, 3.05) is 25.4 Å². The maximum absolute atomic E-state index is 12.3. The van der Waals surface area contributed by atoms with Crippen molar-refractivity contribution in [3.8, 4) is 0 Å². The zero-order valence-corrected chi connectivity index (χ0v) is 17.6. The number of fused-ring (bicyclic) bond motifs is 1. The summed E-state index contributed by atoms with van der Waals surface area (Å²) in [5.74, 6) is -1.52. The molecule has 15 nitrogen and oxygen atoms in total. The van der Waals surface area contributed by atoms with Crippen molar-refractivity contribution in [1.29, 1.82) is 0 Å². The van der Waals surface area contributed by atoms with E-state index in [1.807, 2.05) is 0 Å². The molecule has 1 aliphatic heterocycles. The molecule has 17 heteroatoms. The molecule has 0 aromatic carbocycles. The third kappa shape index (κ3) is 5.85. The van der Waals surface area contributed by atoms with Crippen LogP contribution in [0.5, 0.6) is 0 Å². The van der Waals surface area contributed by atoms with Gasteiger partial charge >= 0.3 is 15.2 Å². The molecule has 1 fully saturated rings. The summed E-state index contributed by atoms with van der Waals surface area (Å²) in [5, 5.41) is 2.58. The van der Waals surface area contributed by atoms with Crippen LogP contribution in [0.4, 0.5) is 0 Å². The van der Waals surface area contributed by atoms with Crippen molar-refractivity contribution in [3.63, 3.8) is 0 Å². The molecular formula is C14H20N6O9P2. The van der Waals surface area contributed by atoms with Gasteiger partial charge in [-0.05, 0) is 0 Å². The summed E-state index contributed by atoms with van der Waals surface area (Å²) in [4.78, 5) is 84.0. The molecule has 3 rings (SSSR count). The van der Waals surface area contributed by atoms with Gasteiger partial charge in [0, 0.05) is 19.5 Å². The highest BCUT2D eigenvalue weighted by atomic mass is 31.2. The van der Waals surface area contributed by atoms with Crippen molar-refractivity contribution in [1.82, 2.24) is 29.7 Å². The number of carbonyl (C=O) groups excluding carboxylic acids is 2. The molecule has 170 valence electrons. The van der Waals surface area contributed by atoms with Crippen LogP contribution in [-0.2, 0) is 18.7 Å². The number of H-pyrrole nitrogens is 1. The lowest BCUT2D eigenvalue weighted by Gasteiger charge is -2.21. The average molecular weight is 478 g/mol. The maximum atomic E-state index is 12.3. The van der Waals surface area contributed by atoms with Crippen LogP contribution in [-0.4, -0.2) is 87.3 Å². The molecule has 1 saturated heterocycles. The van der Waals surface area contributed by atoms with Gasteiger partial charge in [0.25, 0.3) is 5.56 Å². The van der Waals surface area contributed by atoms with Gasteiger partial charge in [-0.25, -0.2) is 9.97 Å². The lowest BCUT2D eigenvalue weighted by molar-refractivity contribution is -0.128. The van der Waals surface area contributed by atoms with Gasteiger partial charge in [0.05, 0.1) is 30.9 Å². The first-order chi connectivity index (χ1) is 14.3. The number of aromatic nitrogens is 4. The Morgan fingerprint density at radius 3 is 2.52 bits per heavy atom. The number of nitrogens with one attached hydrogen (secondary N) is 2. The molecule has 31 heavy (non-hydrogen) atoms. The van der Waals surface area contributed by atoms with Gasteiger partial charge in [0.15, 0.2) is 11.2 Å².